The molecule has 1 aromatic heterocycles. The Morgan fingerprint density at radius 1 is 1.06 bits per heavy atom. The van der Waals surface area contributed by atoms with Crippen LogP contribution >= 0.6 is 0 Å². The number of nitrogens with zero attached hydrogens (tertiary/aromatic N) is 2. The minimum absolute atomic E-state index is 0.280. The first-order valence-electron chi connectivity index (χ1n) is 10.9. The normalized spacial score (nSPS) is 15.9. The Kier molecular flexibility index (Phi) is 6.64. The van der Waals surface area contributed by atoms with Crippen LogP contribution in [0.15, 0.2) is 59.5 Å². The lowest BCUT2D eigenvalue weighted by Crippen LogP contribution is -2.40. The first-order chi connectivity index (χ1) is 15.4. The zero-order valence-corrected chi connectivity index (χ0v) is 19.0. The third kappa shape index (κ3) is 4.72. The minimum Gasteiger partial charge on any atom is -0.478 e. The summed E-state index contributed by atoms with van der Waals surface area (Å²) in [7, 11) is -1.54. The lowest BCUT2D eigenvalue weighted by atomic mass is 9.90. The number of para-hydroxylation sites is 1. The molecule has 0 bridgehead atoms. The standard InChI is InChI=1S/C24H29N3O4S/c1-26-21-10-6-5-9-20(21)23(24(28)29)22(26)17-18-11-14-27(15-12-18)16-13-25-32(30,31)19-7-3-2-4-8-19/h2-10,18,25H,11-17H2,1H3,(H,28,29). The quantitative estimate of drug-likeness (QED) is 0.545. The van der Waals surface area contributed by atoms with Crippen LogP contribution in [-0.2, 0) is 23.5 Å². The van der Waals surface area contributed by atoms with Gasteiger partial charge in [-0.1, -0.05) is 36.4 Å². The molecule has 1 aliphatic heterocycles. The molecule has 2 aromatic carbocycles. The van der Waals surface area contributed by atoms with Crippen LogP contribution in [0.2, 0.25) is 0 Å². The van der Waals surface area contributed by atoms with E-state index in [-0.39, 0.29) is 4.90 Å². The highest BCUT2D eigenvalue weighted by molar-refractivity contribution is 7.89. The van der Waals surface area contributed by atoms with Crippen molar-refractivity contribution < 1.29 is 18.3 Å². The molecule has 2 heterocycles. The third-order valence-corrected chi connectivity index (χ3v) is 7.88. The number of carbonyl (C=O) groups is 1. The van der Waals surface area contributed by atoms with Gasteiger partial charge in [0.05, 0.1) is 10.5 Å². The van der Waals surface area contributed by atoms with Crippen molar-refractivity contribution >= 4 is 26.9 Å². The van der Waals surface area contributed by atoms with E-state index in [4.69, 9.17) is 0 Å². The number of aromatic carboxylic acids is 1. The molecule has 7 nitrogen and oxygen atoms in total. The van der Waals surface area contributed by atoms with E-state index in [1.54, 1.807) is 30.3 Å². The number of rotatable bonds is 8. The summed E-state index contributed by atoms with van der Waals surface area (Å²) in [6.07, 6.45) is 2.67. The van der Waals surface area contributed by atoms with E-state index in [1.165, 1.54) is 0 Å². The van der Waals surface area contributed by atoms with Crippen LogP contribution in [0.5, 0.6) is 0 Å². The van der Waals surface area contributed by atoms with E-state index in [2.05, 4.69) is 9.62 Å². The summed E-state index contributed by atoms with van der Waals surface area (Å²) >= 11 is 0. The van der Waals surface area contributed by atoms with E-state index in [0.29, 0.717) is 24.6 Å². The number of aryl methyl sites for hydroxylation is 1. The Morgan fingerprint density at radius 3 is 2.41 bits per heavy atom. The highest BCUT2D eigenvalue weighted by Crippen LogP contribution is 2.30. The van der Waals surface area contributed by atoms with Crippen LogP contribution in [0.3, 0.4) is 0 Å². The van der Waals surface area contributed by atoms with Crippen LogP contribution in [0.4, 0.5) is 0 Å². The van der Waals surface area contributed by atoms with Gasteiger partial charge in [-0.25, -0.2) is 17.9 Å². The maximum atomic E-state index is 12.3. The summed E-state index contributed by atoms with van der Waals surface area (Å²) in [6.45, 7) is 2.79. The fourth-order valence-corrected chi connectivity index (χ4v) is 5.67. The van der Waals surface area contributed by atoms with Gasteiger partial charge in [0.1, 0.15) is 0 Å². The van der Waals surface area contributed by atoms with Crippen LogP contribution in [0.25, 0.3) is 10.9 Å². The lowest BCUT2D eigenvalue weighted by molar-refractivity contribution is 0.0697. The molecule has 170 valence electrons. The molecule has 8 heteroatoms. The molecule has 0 amide bonds. The number of hydrogen-bond acceptors (Lipinski definition) is 4. The average molecular weight is 456 g/mol. The minimum atomic E-state index is -3.48. The number of aromatic nitrogens is 1. The van der Waals surface area contributed by atoms with Crippen LogP contribution in [-0.4, -0.2) is 55.1 Å². The highest BCUT2D eigenvalue weighted by Gasteiger charge is 2.26. The molecule has 0 spiro atoms. The number of sulfonamides is 1. The molecule has 0 radical (unpaired) electrons. The van der Waals surface area contributed by atoms with Crippen molar-refractivity contribution in [1.82, 2.24) is 14.2 Å². The number of carboxylic acid groups (broad SMARTS) is 1. The predicted molar refractivity (Wildman–Crippen MR) is 124 cm³/mol. The predicted octanol–water partition coefficient (Wildman–Crippen LogP) is 3.11. The van der Waals surface area contributed by atoms with Crippen molar-refractivity contribution in [1.29, 1.82) is 0 Å². The number of hydrogen-bond donors (Lipinski definition) is 2. The van der Waals surface area contributed by atoms with Crippen molar-refractivity contribution in [3.63, 3.8) is 0 Å². The number of nitrogens with one attached hydrogen (secondary N) is 1. The second kappa shape index (κ2) is 9.44. The van der Waals surface area contributed by atoms with Gasteiger partial charge in [0.2, 0.25) is 10.0 Å². The number of likely N-dealkylation sites (tertiary alicyclic amines) is 1. The maximum absolute atomic E-state index is 12.3. The van der Waals surface area contributed by atoms with Crippen molar-refractivity contribution in [2.24, 2.45) is 13.0 Å². The lowest BCUT2D eigenvalue weighted by Gasteiger charge is -2.32. The van der Waals surface area contributed by atoms with Gasteiger partial charge < -0.3 is 14.6 Å². The van der Waals surface area contributed by atoms with Crippen LogP contribution < -0.4 is 4.72 Å². The van der Waals surface area contributed by atoms with Crippen molar-refractivity contribution in [2.75, 3.05) is 26.2 Å². The largest absolute Gasteiger partial charge is 0.478 e. The SMILES string of the molecule is Cn1c(CC2CCN(CCNS(=O)(=O)c3ccccc3)CC2)c(C(=O)O)c2ccccc21. The maximum Gasteiger partial charge on any atom is 0.338 e. The summed E-state index contributed by atoms with van der Waals surface area (Å²) in [6, 6.07) is 16.0. The average Bonchev–Trinajstić information content (AvgIpc) is 3.07. The van der Waals surface area contributed by atoms with E-state index in [1.807, 2.05) is 35.9 Å². The van der Waals surface area contributed by atoms with Gasteiger partial charge in [-0.2, -0.15) is 0 Å². The van der Waals surface area contributed by atoms with Gasteiger partial charge in [0, 0.05) is 36.7 Å². The Labute approximate surface area is 188 Å². The Hall–Kier alpha value is -2.68. The molecule has 2 N–H and O–H groups in total. The molecule has 0 unspecified atom stereocenters. The Morgan fingerprint density at radius 2 is 1.72 bits per heavy atom. The van der Waals surface area contributed by atoms with Gasteiger partial charge in [0.15, 0.2) is 0 Å². The molecule has 1 fully saturated rings. The van der Waals surface area contributed by atoms with E-state index < -0.39 is 16.0 Å². The second-order valence-corrected chi connectivity index (χ2v) is 10.2. The first-order valence-corrected chi connectivity index (χ1v) is 12.4. The van der Waals surface area contributed by atoms with Gasteiger partial charge >= 0.3 is 5.97 Å². The molecule has 32 heavy (non-hydrogen) atoms. The molecule has 3 aromatic rings. The summed E-state index contributed by atoms with van der Waals surface area (Å²) < 4.78 is 29.4. The molecule has 1 saturated heterocycles. The summed E-state index contributed by atoms with van der Waals surface area (Å²) in [5.41, 5.74) is 2.25. The van der Waals surface area contributed by atoms with Crippen molar-refractivity contribution in [3.8, 4) is 0 Å². The topological polar surface area (TPSA) is 91.6 Å². The van der Waals surface area contributed by atoms with Gasteiger partial charge in [-0.05, 0) is 56.5 Å². The van der Waals surface area contributed by atoms with Crippen LogP contribution in [0, 0.1) is 5.92 Å². The number of piperidine rings is 1. The van der Waals surface area contributed by atoms with Crippen molar-refractivity contribution in [3.05, 3.63) is 65.9 Å². The smallest absolute Gasteiger partial charge is 0.338 e. The Balaban J connectivity index is 1.33. The Bertz CT molecular complexity index is 1200. The fraction of sp³-hybridized carbons (Fsp3) is 0.375. The highest BCUT2D eigenvalue weighted by atomic mass is 32.2. The van der Waals surface area contributed by atoms with Gasteiger partial charge in [-0.3, -0.25) is 0 Å². The number of carboxylic acids is 1. The molecule has 1 aliphatic rings. The fourth-order valence-electron chi connectivity index (χ4n) is 4.63. The summed E-state index contributed by atoms with van der Waals surface area (Å²) in [5.74, 6) is -0.465. The zero-order valence-electron chi connectivity index (χ0n) is 18.2. The molecule has 0 atom stereocenters. The molecular weight excluding hydrogens is 426 g/mol. The third-order valence-electron chi connectivity index (χ3n) is 6.40. The summed E-state index contributed by atoms with van der Waals surface area (Å²) in [4.78, 5) is 14.5. The monoisotopic (exact) mass is 455 g/mol. The molecular formula is C24H29N3O4S. The van der Waals surface area contributed by atoms with E-state index in [0.717, 1.165) is 48.9 Å². The van der Waals surface area contributed by atoms with E-state index >= 15 is 0 Å². The molecule has 0 aliphatic carbocycles. The van der Waals surface area contributed by atoms with Gasteiger partial charge in [-0.15, -0.1) is 0 Å². The second-order valence-electron chi connectivity index (χ2n) is 8.40. The van der Waals surface area contributed by atoms with Crippen LogP contribution in [0.1, 0.15) is 28.9 Å². The molecule has 0 saturated carbocycles. The van der Waals surface area contributed by atoms with E-state index in [9.17, 15) is 18.3 Å². The zero-order chi connectivity index (χ0) is 22.7. The van der Waals surface area contributed by atoms with Crippen molar-refractivity contribution in [2.45, 2.75) is 24.2 Å². The molecule has 4 rings (SSSR count). The number of benzene rings is 2. The van der Waals surface area contributed by atoms with Gasteiger partial charge in [0.25, 0.3) is 0 Å². The number of fused-ring (bicyclic) bond motifs is 1. The summed E-state index contributed by atoms with van der Waals surface area (Å²) in [5, 5.41) is 10.6. The first kappa shape index (κ1) is 22.5.